The molecule has 1 N–H and O–H groups in total. The third-order valence-corrected chi connectivity index (χ3v) is 6.43. The largest absolute Gasteiger partial charge is 0.477 e. The van der Waals surface area contributed by atoms with Crippen LogP contribution in [0.5, 0.6) is 5.88 Å². The Morgan fingerprint density at radius 1 is 1.29 bits per heavy atom. The van der Waals surface area contributed by atoms with Gasteiger partial charge in [0, 0.05) is 30.4 Å². The molecule has 7 heteroatoms. The molecule has 0 aromatic carbocycles. The molecular weight excluding hydrogens is 374 g/mol. The van der Waals surface area contributed by atoms with E-state index in [1.165, 1.54) is 24.2 Å². The molecular formula is C21H27N3O3S. The van der Waals surface area contributed by atoms with Crippen LogP contribution in [0.1, 0.15) is 66.5 Å². The zero-order valence-electron chi connectivity index (χ0n) is 16.4. The molecule has 1 aliphatic carbocycles. The van der Waals surface area contributed by atoms with Crippen molar-refractivity contribution in [3.63, 3.8) is 0 Å². The van der Waals surface area contributed by atoms with E-state index in [9.17, 15) is 4.79 Å². The van der Waals surface area contributed by atoms with E-state index < -0.39 is 5.54 Å². The van der Waals surface area contributed by atoms with E-state index in [1.54, 1.807) is 6.20 Å². The molecule has 3 heterocycles. The molecule has 2 aromatic heterocycles. The highest BCUT2D eigenvalue weighted by atomic mass is 32.1. The second kappa shape index (κ2) is 8.17. The molecule has 0 unspecified atom stereocenters. The molecule has 2 aromatic rings. The quantitative estimate of drug-likeness (QED) is 0.762. The van der Waals surface area contributed by atoms with Crippen LogP contribution >= 0.6 is 11.3 Å². The topological polar surface area (TPSA) is 73.3 Å². The second-order valence-corrected chi connectivity index (χ2v) is 9.04. The summed E-state index contributed by atoms with van der Waals surface area (Å²) < 4.78 is 11.6. The summed E-state index contributed by atoms with van der Waals surface area (Å²) in [6, 6.07) is 3.82. The van der Waals surface area contributed by atoms with Crippen molar-refractivity contribution in [1.29, 1.82) is 0 Å². The highest BCUT2D eigenvalue weighted by Gasteiger charge is 2.29. The Hall–Kier alpha value is -1.99. The molecule has 1 saturated carbocycles. The molecule has 2 aliphatic rings. The Morgan fingerprint density at radius 3 is 2.75 bits per heavy atom. The van der Waals surface area contributed by atoms with Crippen molar-refractivity contribution < 1.29 is 14.3 Å². The second-order valence-electron chi connectivity index (χ2n) is 8.15. The lowest BCUT2D eigenvalue weighted by molar-refractivity contribution is 0.0841. The number of hydrogen-bond acceptors (Lipinski definition) is 6. The van der Waals surface area contributed by atoms with Crippen LogP contribution in [0.3, 0.4) is 0 Å². The summed E-state index contributed by atoms with van der Waals surface area (Å²) in [5.74, 6) is 1.40. The Morgan fingerprint density at radius 2 is 2.07 bits per heavy atom. The molecule has 150 valence electrons. The van der Waals surface area contributed by atoms with Crippen molar-refractivity contribution in [2.45, 2.75) is 51.0 Å². The third-order valence-electron chi connectivity index (χ3n) is 5.33. The van der Waals surface area contributed by atoms with Crippen LogP contribution in [0, 0.1) is 5.92 Å². The smallest absolute Gasteiger partial charge is 0.270 e. The maximum atomic E-state index is 12.9. The van der Waals surface area contributed by atoms with Crippen molar-refractivity contribution in [1.82, 2.24) is 15.3 Å². The van der Waals surface area contributed by atoms with Crippen molar-refractivity contribution in [3.8, 4) is 5.88 Å². The summed E-state index contributed by atoms with van der Waals surface area (Å²) in [5.41, 5.74) is 0.923. The lowest BCUT2D eigenvalue weighted by Crippen LogP contribution is -2.41. The molecule has 0 radical (unpaired) electrons. The number of carbonyl (C=O) groups is 1. The fraction of sp³-hybridized carbons (Fsp3) is 0.571. The predicted molar refractivity (Wildman–Crippen MR) is 108 cm³/mol. The van der Waals surface area contributed by atoms with Gasteiger partial charge in [-0.15, -0.1) is 11.3 Å². The van der Waals surface area contributed by atoms with Gasteiger partial charge in [-0.25, -0.2) is 9.97 Å². The Labute approximate surface area is 169 Å². The van der Waals surface area contributed by atoms with Crippen LogP contribution in [0.25, 0.3) is 0 Å². The minimum absolute atomic E-state index is 0.213. The zero-order valence-corrected chi connectivity index (χ0v) is 17.3. The monoisotopic (exact) mass is 401 g/mol. The van der Waals surface area contributed by atoms with Gasteiger partial charge in [-0.1, -0.05) is 6.07 Å². The minimum Gasteiger partial charge on any atom is -0.477 e. The van der Waals surface area contributed by atoms with Gasteiger partial charge in [0.25, 0.3) is 5.91 Å². The highest BCUT2D eigenvalue weighted by molar-refractivity contribution is 7.09. The third kappa shape index (κ3) is 4.52. The molecule has 1 saturated heterocycles. The highest BCUT2D eigenvalue weighted by Crippen LogP contribution is 2.35. The number of carbonyl (C=O) groups excluding carboxylic acids is 1. The number of amides is 1. The zero-order chi connectivity index (χ0) is 19.6. The van der Waals surface area contributed by atoms with E-state index >= 15 is 0 Å². The van der Waals surface area contributed by atoms with Crippen molar-refractivity contribution >= 4 is 17.2 Å². The predicted octanol–water partition coefficient (Wildman–Crippen LogP) is 3.89. The van der Waals surface area contributed by atoms with E-state index in [1.807, 2.05) is 31.4 Å². The van der Waals surface area contributed by atoms with Gasteiger partial charge in [-0.3, -0.25) is 4.79 Å². The number of hydrogen-bond donors (Lipinski definition) is 1. The summed E-state index contributed by atoms with van der Waals surface area (Å²) in [6.45, 7) is 6.10. The Balaban J connectivity index is 1.54. The standard InChI is InChI=1S/C21H27N3O3S/c1-21(2,20-22-9-12-28-20)24-18(25)17-6-5-16(15-7-10-26-11-8-15)19(23-17)27-13-14-3-4-14/h5-6,9,12,14-15H,3-4,7-8,10-11,13H2,1-2H3,(H,24,25). The normalized spacial score (nSPS) is 18.1. The average molecular weight is 402 g/mol. The molecule has 1 amide bonds. The van der Waals surface area contributed by atoms with Crippen LogP contribution in [0.15, 0.2) is 23.7 Å². The van der Waals surface area contributed by atoms with Gasteiger partial charge in [-0.05, 0) is 57.4 Å². The average Bonchev–Trinajstić information content (AvgIpc) is 3.35. The van der Waals surface area contributed by atoms with E-state index in [4.69, 9.17) is 9.47 Å². The summed E-state index contributed by atoms with van der Waals surface area (Å²) in [6.07, 6.45) is 6.11. The summed E-state index contributed by atoms with van der Waals surface area (Å²) in [5, 5.41) is 5.83. The van der Waals surface area contributed by atoms with Gasteiger partial charge in [0.1, 0.15) is 10.7 Å². The number of thiazole rings is 1. The van der Waals surface area contributed by atoms with E-state index in [-0.39, 0.29) is 5.91 Å². The minimum atomic E-state index is -0.554. The number of nitrogens with zero attached hydrogens (tertiary/aromatic N) is 2. The first kappa shape index (κ1) is 19.3. The molecule has 4 rings (SSSR count). The van der Waals surface area contributed by atoms with Gasteiger partial charge < -0.3 is 14.8 Å². The van der Waals surface area contributed by atoms with Crippen molar-refractivity contribution in [2.24, 2.45) is 5.92 Å². The van der Waals surface area contributed by atoms with E-state index in [2.05, 4.69) is 15.3 Å². The lowest BCUT2D eigenvalue weighted by atomic mass is 9.92. The van der Waals surface area contributed by atoms with Crippen LogP contribution in [0.4, 0.5) is 0 Å². The van der Waals surface area contributed by atoms with E-state index in [0.29, 0.717) is 30.0 Å². The lowest BCUT2D eigenvalue weighted by Gasteiger charge is -2.25. The van der Waals surface area contributed by atoms with E-state index in [0.717, 1.165) is 36.6 Å². The molecule has 0 atom stereocenters. The van der Waals surface area contributed by atoms with Crippen molar-refractivity contribution in [3.05, 3.63) is 40.0 Å². The molecule has 0 bridgehead atoms. The number of rotatable bonds is 7. The van der Waals surface area contributed by atoms with Gasteiger partial charge in [0.15, 0.2) is 0 Å². The molecule has 0 spiro atoms. The van der Waals surface area contributed by atoms with Crippen molar-refractivity contribution in [2.75, 3.05) is 19.8 Å². The molecule has 2 fully saturated rings. The maximum absolute atomic E-state index is 12.9. The Kier molecular flexibility index (Phi) is 5.64. The van der Waals surface area contributed by atoms with Crippen LogP contribution in [0.2, 0.25) is 0 Å². The SMILES string of the molecule is CC(C)(NC(=O)c1ccc(C2CCOCC2)c(OCC2CC2)n1)c1nccs1. The Bertz CT molecular complexity index is 812. The summed E-state index contributed by atoms with van der Waals surface area (Å²) >= 11 is 1.53. The van der Waals surface area contributed by atoms with Gasteiger partial charge >= 0.3 is 0 Å². The molecule has 28 heavy (non-hydrogen) atoms. The summed E-state index contributed by atoms with van der Waals surface area (Å²) in [4.78, 5) is 21.8. The van der Waals surface area contributed by atoms with Crippen LogP contribution in [-0.2, 0) is 10.3 Å². The van der Waals surface area contributed by atoms with Gasteiger partial charge in [0.2, 0.25) is 5.88 Å². The number of nitrogens with one attached hydrogen (secondary N) is 1. The number of pyridine rings is 1. The summed E-state index contributed by atoms with van der Waals surface area (Å²) in [7, 11) is 0. The van der Waals surface area contributed by atoms with Crippen LogP contribution < -0.4 is 10.1 Å². The fourth-order valence-corrected chi connectivity index (χ4v) is 4.15. The number of ether oxygens (including phenoxy) is 2. The maximum Gasteiger partial charge on any atom is 0.270 e. The molecule has 6 nitrogen and oxygen atoms in total. The van der Waals surface area contributed by atoms with Crippen LogP contribution in [-0.4, -0.2) is 35.7 Å². The fourth-order valence-electron chi connectivity index (χ4n) is 3.43. The first-order valence-electron chi connectivity index (χ1n) is 9.97. The van der Waals surface area contributed by atoms with Gasteiger partial charge in [-0.2, -0.15) is 0 Å². The first-order chi connectivity index (χ1) is 13.5. The first-order valence-corrected chi connectivity index (χ1v) is 10.8. The molecule has 1 aliphatic heterocycles. The van der Waals surface area contributed by atoms with Gasteiger partial charge in [0.05, 0.1) is 12.1 Å². The number of aromatic nitrogens is 2.